The Balaban J connectivity index is 1.50. The number of benzene rings is 2. The number of carbonyl (C=O) groups is 1. The molecule has 30 heavy (non-hydrogen) atoms. The third-order valence-corrected chi connectivity index (χ3v) is 6.07. The van der Waals surface area contributed by atoms with E-state index in [0.717, 1.165) is 23.3 Å². The molecule has 0 saturated carbocycles. The number of rotatable bonds is 7. The van der Waals surface area contributed by atoms with Crippen LogP contribution in [0.2, 0.25) is 5.02 Å². The molecule has 0 atom stereocenters. The highest BCUT2D eigenvalue weighted by molar-refractivity contribution is 7.22. The minimum Gasteiger partial charge on any atom is -0.484 e. The van der Waals surface area contributed by atoms with Gasteiger partial charge in [0, 0.05) is 31.2 Å². The highest BCUT2D eigenvalue weighted by atomic mass is 35.5. The van der Waals surface area contributed by atoms with Crippen molar-refractivity contribution in [2.75, 3.05) is 50.9 Å². The van der Waals surface area contributed by atoms with Gasteiger partial charge in [0.1, 0.15) is 11.6 Å². The maximum atomic E-state index is 13.1. The normalized spacial score (nSPS) is 14.7. The Labute approximate surface area is 182 Å². The fraction of sp³-hybridized carbons (Fsp3) is 0.333. The highest BCUT2D eigenvalue weighted by Gasteiger charge is 2.22. The second-order valence-corrected chi connectivity index (χ2v) is 8.30. The lowest BCUT2D eigenvalue weighted by Gasteiger charge is -2.29. The lowest BCUT2D eigenvalue weighted by molar-refractivity contribution is -0.120. The van der Waals surface area contributed by atoms with E-state index in [2.05, 4.69) is 9.88 Å². The van der Waals surface area contributed by atoms with Crippen molar-refractivity contribution < 1.29 is 18.7 Å². The minimum atomic E-state index is -0.353. The van der Waals surface area contributed by atoms with Crippen LogP contribution in [0.1, 0.15) is 0 Å². The summed E-state index contributed by atoms with van der Waals surface area (Å²) in [7, 11) is 0. The number of ether oxygens (including phenoxy) is 2. The van der Waals surface area contributed by atoms with Gasteiger partial charge in [0.05, 0.1) is 23.4 Å². The zero-order chi connectivity index (χ0) is 20.9. The predicted octanol–water partition coefficient (Wildman–Crippen LogP) is 3.83. The third-order valence-electron chi connectivity index (χ3n) is 4.79. The van der Waals surface area contributed by atoms with Crippen LogP contribution in [-0.2, 0) is 9.53 Å². The molecule has 1 amide bonds. The second-order valence-electron chi connectivity index (χ2n) is 6.85. The molecule has 4 rings (SSSR count). The zero-order valence-electron chi connectivity index (χ0n) is 16.2. The molecule has 2 aromatic carbocycles. The number of hydrogen-bond donors (Lipinski definition) is 0. The SMILES string of the molecule is O=C(COc1ccc(F)cc1)N(CCN1CCOCC1)c1nc2ccc(Cl)cc2s1. The number of aromatic nitrogens is 1. The van der Waals surface area contributed by atoms with Crippen LogP contribution in [0, 0.1) is 5.82 Å². The van der Waals surface area contributed by atoms with Crippen LogP contribution in [-0.4, -0.2) is 61.8 Å². The molecule has 2 heterocycles. The van der Waals surface area contributed by atoms with Crippen LogP contribution in [0.5, 0.6) is 5.75 Å². The summed E-state index contributed by atoms with van der Waals surface area (Å²) in [5, 5.41) is 1.23. The molecule has 0 unspecified atom stereocenters. The molecule has 158 valence electrons. The summed E-state index contributed by atoms with van der Waals surface area (Å²) in [4.78, 5) is 21.6. The molecule has 0 N–H and O–H groups in total. The number of anilines is 1. The first-order valence-corrected chi connectivity index (χ1v) is 10.8. The van der Waals surface area contributed by atoms with Gasteiger partial charge in [0.15, 0.2) is 11.7 Å². The fourth-order valence-corrected chi connectivity index (χ4v) is 4.43. The van der Waals surface area contributed by atoms with E-state index in [1.54, 1.807) is 11.0 Å². The van der Waals surface area contributed by atoms with Gasteiger partial charge in [0.2, 0.25) is 0 Å². The molecule has 0 radical (unpaired) electrons. The molecule has 0 bridgehead atoms. The van der Waals surface area contributed by atoms with E-state index in [4.69, 9.17) is 21.1 Å². The van der Waals surface area contributed by atoms with Gasteiger partial charge in [-0.3, -0.25) is 14.6 Å². The van der Waals surface area contributed by atoms with Crippen molar-refractivity contribution >= 4 is 44.2 Å². The molecule has 1 aliphatic rings. The third kappa shape index (κ3) is 5.26. The number of hydrogen-bond acceptors (Lipinski definition) is 6. The number of nitrogens with zero attached hydrogens (tertiary/aromatic N) is 3. The topological polar surface area (TPSA) is 54.9 Å². The molecule has 1 saturated heterocycles. The average molecular weight is 450 g/mol. The van der Waals surface area contributed by atoms with Crippen LogP contribution in [0.3, 0.4) is 0 Å². The van der Waals surface area contributed by atoms with Crippen molar-refractivity contribution in [3.05, 3.63) is 53.3 Å². The van der Waals surface area contributed by atoms with Gasteiger partial charge >= 0.3 is 0 Å². The van der Waals surface area contributed by atoms with Crippen LogP contribution in [0.4, 0.5) is 9.52 Å². The Morgan fingerprint density at radius 1 is 1.23 bits per heavy atom. The van der Waals surface area contributed by atoms with E-state index in [9.17, 15) is 9.18 Å². The molecule has 1 fully saturated rings. The molecular weight excluding hydrogens is 429 g/mol. The van der Waals surface area contributed by atoms with Crippen molar-refractivity contribution in [2.45, 2.75) is 0 Å². The summed E-state index contributed by atoms with van der Waals surface area (Å²) >= 11 is 7.51. The average Bonchev–Trinajstić information content (AvgIpc) is 3.17. The standard InChI is InChI=1S/C21H21ClFN3O3S/c22-15-1-6-18-19(13-15)30-21(24-18)26(8-7-25-9-11-28-12-10-25)20(27)14-29-17-4-2-16(23)3-5-17/h1-6,13H,7-12,14H2. The Hall–Kier alpha value is -2.26. The number of carbonyl (C=O) groups excluding carboxylic acids is 1. The summed E-state index contributed by atoms with van der Waals surface area (Å²) in [5.41, 5.74) is 0.794. The molecule has 6 nitrogen and oxygen atoms in total. The number of thiazole rings is 1. The molecule has 1 aliphatic heterocycles. The van der Waals surface area contributed by atoms with E-state index in [-0.39, 0.29) is 18.3 Å². The smallest absolute Gasteiger partial charge is 0.266 e. The first kappa shape index (κ1) is 21.0. The molecule has 0 aliphatic carbocycles. The summed E-state index contributed by atoms with van der Waals surface area (Å²) in [6.07, 6.45) is 0. The number of fused-ring (bicyclic) bond motifs is 1. The van der Waals surface area contributed by atoms with Crippen LogP contribution < -0.4 is 9.64 Å². The molecule has 3 aromatic rings. The van der Waals surface area contributed by atoms with Crippen LogP contribution in [0.15, 0.2) is 42.5 Å². The second kappa shape index (κ2) is 9.70. The Morgan fingerprint density at radius 3 is 2.77 bits per heavy atom. The van der Waals surface area contributed by atoms with E-state index in [1.165, 1.54) is 35.6 Å². The summed E-state index contributed by atoms with van der Waals surface area (Å²) in [6.45, 7) is 4.10. The maximum absolute atomic E-state index is 13.1. The quantitative estimate of drug-likeness (QED) is 0.548. The first-order valence-electron chi connectivity index (χ1n) is 9.63. The Morgan fingerprint density at radius 2 is 2.00 bits per heavy atom. The number of halogens is 2. The van der Waals surface area contributed by atoms with Crippen molar-refractivity contribution in [3.8, 4) is 5.75 Å². The predicted molar refractivity (Wildman–Crippen MR) is 116 cm³/mol. The van der Waals surface area contributed by atoms with Gasteiger partial charge < -0.3 is 9.47 Å². The number of amides is 1. The first-order chi connectivity index (χ1) is 14.6. The largest absolute Gasteiger partial charge is 0.484 e. The molecular formula is C21H21ClFN3O3S. The van der Waals surface area contributed by atoms with Gasteiger partial charge in [-0.05, 0) is 42.5 Å². The van der Waals surface area contributed by atoms with Gasteiger partial charge in [-0.25, -0.2) is 9.37 Å². The Bertz CT molecular complexity index is 1010. The summed E-state index contributed by atoms with van der Waals surface area (Å²) in [5.74, 6) is -0.124. The fourth-order valence-electron chi connectivity index (χ4n) is 3.15. The summed E-state index contributed by atoms with van der Waals surface area (Å²) in [6, 6.07) is 11.1. The van der Waals surface area contributed by atoms with Crippen molar-refractivity contribution in [3.63, 3.8) is 0 Å². The maximum Gasteiger partial charge on any atom is 0.266 e. The zero-order valence-corrected chi connectivity index (χ0v) is 17.8. The summed E-state index contributed by atoms with van der Waals surface area (Å²) < 4.78 is 25.0. The molecule has 1 aromatic heterocycles. The van der Waals surface area contributed by atoms with Crippen LogP contribution >= 0.6 is 22.9 Å². The van der Waals surface area contributed by atoms with Crippen LogP contribution in [0.25, 0.3) is 10.2 Å². The van der Waals surface area contributed by atoms with E-state index in [1.807, 2.05) is 12.1 Å². The highest BCUT2D eigenvalue weighted by Crippen LogP contribution is 2.31. The molecule has 9 heteroatoms. The lowest BCUT2D eigenvalue weighted by atomic mass is 10.3. The van der Waals surface area contributed by atoms with Gasteiger partial charge in [0.25, 0.3) is 5.91 Å². The van der Waals surface area contributed by atoms with E-state index >= 15 is 0 Å². The van der Waals surface area contributed by atoms with E-state index in [0.29, 0.717) is 42.2 Å². The van der Waals surface area contributed by atoms with Gasteiger partial charge in [-0.2, -0.15) is 0 Å². The van der Waals surface area contributed by atoms with E-state index < -0.39 is 0 Å². The van der Waals surface area contributed by atoms with Crippen molar-refractivity contribution in [1.82, 2.24) is 9.88 Å². The molecule has 0 spiro atoms. The monoisotopic (exact) mass is 449 g/mol. The minimum absolute atomic E-state index is 0.161. The van der Waals surface area contributed by atoms with Crippen molar-refractivity contribution in [1.29, 1.82) is 0 Å². The lowest BCUT2D eigenvalue weighted by Crippen LogP contribution is -2.44. The van der Waals surface area contributed by atoms with Crippen molar-refractivity contribution in [2.24, 2.45) is 0 Å². The number of morpholine rings is 1. The van der Waals surface area contributed by atoms with Gasteiger partial charge in [-0.15, -0.1) is 0 Å². The van der Waals surface area contributed by atoms with Gasteiger partial charge in [-0.1, -0.05) is 22.9 Å². The Kier molecular flexibility index (Phi) is 6.79.